The van der Waals surface area contributed by atoms with Crippen LogP contribution in [0.3, 0.4) is 0 Å². The molecule has 2 aliphatic heterocycles. The largest absolute Gasteiger partial charge is 0.744 e. The molecule has 2 fully saturated rings. The quantitative estimate of drug-likeness (QED) is 0.432. The van der Waals surface area contributed by atoms with Crippen molar-refractivity contribution in [3.05, 3.63) is 29.8 Å². The molecule has 12 heteroatoms. The number of imide groups is 1. The molecule has 202 valence electrons. The molecule has 3 amide bonds. The number of rotatable bonds is 6. The van der Waals surface area contributed by atoms with Crippen LogP contribution in [0, 0.1) is 6.92 Å². The highest BCUT2D eigenvalue weighted by atomic mass is 32.2. The van der Waals surface area contributed by atoms with E-state index >= 15 is 0 Å². The number of benzene rings is 1. The van der Waals surface area contributed by atoms with Crippen LogP contribution in [0.15, 0.2) is 29.2 Å². The molecule has 2 aliphatic rings. The standard InChI is InChI=1S/C16H25N3O5.C7H8O3S.CH4/c1-10-5-4-6-11(2)18(10)9-13(20)17-12(3)16(23)24-19-14(21)7-8-15(19)22;1-6-2-4-7(5-3-6)11(8,9)10;/h10-12H,4-9H2,1-3H3,(H,17,20);2-5H,1H3,(H,8,9,10);1H4/p-1. The smallest absolute Gasteiger partial charge is 0.354 e. The van der Waals surface area contributed by atoms with Gasteiger partial charge in [0.05, 0.1) is 11.4 Å². The predicted octanol–water partition coefficient (Wildman–Crippen LogP) is 1.90. The van der Waals surface area contributed by atoms with Gasteiger partial charge in [-0.2, -0.15) is 0 Å². The van der Waals surface area contributed by atoms with Crippen LogP contribution in [0.4, 0.5) is 0 Å². The average Bonchev–Trinajstić information content (AvgIpc) is 3.08. The fourth-order valence-electron chi connectivity index (χ4n) is 3.83. The van der Waals surface area contributed by atoms with Crippen LogP contribution in [0.25, 0.3) is 0 Å². The van der Waals surface area contributed by atoms with Crippen LogP contribution < -0.4 is 5.32 Å². The summed E-state index contributed by atoms with van der Waals surface area (Å²) >= 11 is 0. The zero-order chi connectivity index (χ0) is 26.3. The molecule has 0 saturated carbocycles. The van der Waals surface area contributed by atoms with E-state index in [1.54, 1.807) is 12.1 Å². The maximum atomic E-state index is 12.2. The number of carbonyl (C=O) groups excluding carboxylic acids is 4. The molecule has 1 N–H and O–H groups in total. The van der Waals surface area contributed by atoms with Crippen molar-refractivity contribution in [2.24, 2.45) is 0 Å². The van der Waals surface area contributed by atoms with Gasteiger partial charge in [0.2, 0.25) is 5.91 Å². The molecular weight excluding hydrogens is 490 g/mol. The zero-order valence-electron chi connectivity index (χ0n) is 20.4. The van der Waals surface area contributed by atoms with E-state index in [2.05, 4.69) is 24.1 Å². The number of hydrogen-bond acceptors (Lipinski definition) is 9. The molecule has 0 aromatic heterocycles. The number of hydroxylamine groups is 2. The predicted molar refractivity (Wildman–Crippen MR) is 130 cm³/mol. The molecule has 2 saturated heterocycles. The van der Waals surface area contributed by atoms with Crippen molar-refractivity contribution in [3.63, 3.8) is 0 Å². The SMILES string of the molecule is C.CC(NC(=O)CN1C(C)CCCC1C)C(=O)ON1C(=O)CCC1=O.Cc1ccc(S(=O)(=O)[O-])cc1. The first-order valence-corrected chi connectivity index (χ1v) is 12.9. The fourth-order valence-corrected chi connectivity index (χ4v) is 4.30. The lowest BCUT2D eigenvalue weighted by molar-refractivity contribution is -0.198. The van der Waals surface area contributed by atoms with Gasteiger partial charge in [0.15, 0.2) is 0 Å². The maximum Gasteiger partial charge on any atom is 0.354 e. The van der Waals surface area contributed by atoms with Crippen molar-refractivity contribution in [2.75, 3.05) is 6.54 Å². The van der Waals surface area contributed by atoms with Crippen molar-refractivity contribution in [1.82, 2.24) is 15.3 Å². The Morgan fingerprint density at radius 1 is 1.08 bits per heavy atom. The van der Waals surface area contributed by atoms with Gasteiger partial charge in [-0.3, -0.25) is 19.3 Å². The van der Waals surface area contributed by atoms with Crippen molar-refractivity contribution in [2.45, 2.75) is 90.2 Å². The molecular formula is C24H36N3O8S-. The number of nitrogens with one attached hydrogen (secondary N) is 1. The molecule has 0 spiro atoms. The van der Waals surface area contributed by atoms with Crippen molar-refractivity contribution in [1.29, 1.82) is 0 Å². The third kappa shape index (κ3) is 8.99. The lowest BCUT2D eigenvalue weighted by Crippen LogP contribution is -2.51. The first kappa shape index (κ1) is 31.2. The number of likely N-dealkylation sites (tertiary alicyclic amines) is 1. The maximum absolute atomic E-state index is 12.2. The third-order valence-electron chi connectivity index (χ3n) is 5.93. The molecule has 1 aromatic rings. The van der Waals surface area contributed by atoms with Gasteiger partial charge >= 0.3 is 5.97 Å². The van der Waals surface area contributed by atoms with Gasteiger partial charge in [-0.15, -0.1) is 5.06 Å². The molecule has 1 aromatic carbocycles. The van der Waals surface area contributed by atoms with Crippen LogP contribution in [0.5, 0.6) is 0 Å². The normalized spacial score (nSPS) is 21.1. The fraction of sp³-hybridized carbons (Fsp3) is 0.583. The topological polar surface area (TPSA) is 153 Å². The minimum absolute atomic E-state index is 0. The second-order valence-corrected chi connectivity index (χ2v) is 10.2. The molecule has 3 rings (SSSR count). The van der Waals surface area contributed by atoms with Crippen molar-refractivity contribution in [3.8, 4) is 0 Å². The van der Waals surface area contributed by atoms with Gasteiger partial charge < -0.3 is 14.7 Å². The van der Waals surface area contributed by atoms with Crippen LogP contribution in [0.1, 0.15) is 65.9 Å². The Kier molecular flexibility index (Phi) is 11.7. The Morgan fingerprint density at radius 2 is 1.58 bits per heavy atom. The van der Waals surface area contributed by atoms with Crippen LogP contribution in [0.2, 0.25) is 0 Å². The molecule has 3 atom stereocenters. The van der Waals surface area contributed by atoms with Crippen molar-refractivity contribution < 1.29 is 37.0 Å². The molecule has 11 nitrogen and oxygen atoms in total. The lowest BCUT2D eigenvalue weighted by Gasteiger charge is -2.38. The van der Waals surface area contributed by atoms with Gasteiger partial charge in [0.25, 0.3) is 11.8 Å². The molecule has 0 bridgehead atoms. The third-order valence-corrected chi connectivity index (χ3v) is 6.78. The Hall–Kier alpha value is -2.83. The number of amides is 3. The summed E-state index contributed by atoms with van der Waals surface area (Å²) < 4.78 is 31.2. The molecule has 0 radical (unpaired) electrons. The second-order valence-electron chi connectivity index (χ2n) is 8.85. The highest BCUT2D eigenvalue weighted by molar-refractivity contribution is 7.85. The highest BCUT2D eigenvalue weighted by Gasteiger charge is 2.34. The highest BCUT2D eigenvalue weighted by Crippen LogP contribution is 2.21. The summed E-state index contributed by atoms with van der Waals surface area (Å²) in [5, 5.41) is 3.05. The minimum atomic E-state index is -4.27. The number of hydrogen-bond donors (Lipinski definition) is 1. The first-order chi connectivity index (χ1) is 16.3. The Balaban J connectivity index is 0.000000454. The van der Waals surface area contributed by atoms with E-state index in [-0.39, 0.29) is 37.6 Å². The molecule has 36 heavy (non-hydrogen) atoms. The molecule has 2 heterocycles. The van der Waals surface area contributed by atoms with Gasteiger partial charge in [-0.25, -0.2) is 13.2 Å². The second kappa shape index (κ2) is 13.5. The first-order valence-electron chi connectivity index (χ1n) is 11.4. The van der Waals surface area contributed by atoms with Crippen LogP contribution in [-0.4, -0.2) is 71.3 Å². The summed E-state index contributed by atoms with van der Waals surface area (Å²) in [4.78, 5) is 53.7. The average molecular weight is 527 g/mol. The van der Waals surface area contributed by atoms with E-state index in [4.69, 9.17) is 4.84 Å². The number of aryl methyl sites for hydroxylation is 1. The molecule has 0 aliphatic carbocycles. The van der Waals surface area contributed by atoms with Gasteiger partial charge in [0, 0.05) is 24.9 Å². The number of piperidine rings is 1. The molecule has 3 unspecified atom stereocenters. The summed E-state index contributed by atoms with van der Waals surface area (Å²) in [6, 6.07) is 5.49. The van der Waals surface area contributed by atoms with Gasteiger partial charge in [0.1, 0.15) is 16.2 Å². The van der Waals surface area contributed by atoms with E-state index in [1.165, 1.54) is 19.1 Å². The summed E-state index contributed by atoms with van der Waals surface area (Å²) in [6.45, 7) is 7.67. The van der Waals surface area contributed by atoms with Gasteiger partial charge in [-0.05, 0) is 52.7 Å². The minimum Gasteiger partial charge on any atom is -0.744 e. The number of nitrogens with zero attached hydrogens (tertiary/aromatic N) is 2. The van der Waals surface area contributed by atoms with Crippen LogP contribution >= 0.6 is 0 Å². The van der Waals surface area contributed by atoms with Crippen LogP contribution in [-0.2, 0) is 34.1 Å². The monoisotopic (exact) mass is 526 g/mol. The van der Waals surface area contributed by atoms with Crippen molar-refractivity contribution >= 4 is 33.8 Å². The zero-order valence-corrected chi connectivity index (χ0v) is 21.2. The van der Waals surface area contributed by atoms with E-state index < -0.39 is 33.9 Å². The summed E-state index contributed by atoms with van der Waals surface area (Å²) in [5.74, 6) is -2.18. The summed E-state index contributed by atoms with van der Waals surface area (Å²) in [5.41, 5.74) is 0.928. The lowest BCUT2D eigenvalue weighted by atomic mass is 9.97. The van der Waals surface area contributed by atoms with Gasteiger partial charge in [-0.1, -0.05) is 31.5 Å². The Labute approximate surface area is 212 Å². The summed E-state index contributed by atoms with van der Waals surface area (Å²) in [7, 11) is -4.27. The van der Waals surface area contributed by atoms with E-state index in [9.17, 15) is 32.1 Å². The Bertz CT molecular complexity index is 1020. The van der Waals surface area contributed by atoms with E-state index in [0.717, 1.165) is 24.8 Å². The van der Waals surface area contributed by atoms with E-state index in [1.807, 2.05) is 6.92 Å². The summed E-state index contributed by atoms with van der Waals surface area (Å²) in [6.07, 6.45) is 3.33. The van der Waals surface area contributed by atoms with E-state index in [0.29, 0.717) is 17.1 Å². The number of carbonyl (C=O) groups is 4. The Morgan fingerprint density at radius 3 is 2.06 bits per heavy atom.